The second-order valence-corrected chi connectivity index (χ2v) is 10.3. The van der Waals surface area contributed by atoms with E-state index in [9.17, 15) is 19.2 Å². The smallest absolute Gasteiger partial charge is 0.329 e. The van der Waals surface area contributed by atoms with Crippen LogP contribution in [0.3, 0.4) is 0 Å². The lowest BCUT2D eigenvalue weighted by Gasteiger charge is -2.16. The number of hydrogen-bond donors (Lipinski definition) is 4. The molecule has 0 aromatic heterocycles. The fourth-order valence-electron chi connectivity index (χ4n) is 5.24. The summed E-state index contributed by atoms with van der Waals surface area (Å²) in [7, 11) is 0. The number of urea groups is 1. The van der Waals surface area contributed by atoms with Gasteiger partial charge in [-0.1, -0.05) is 78.9 Å². The van der Waals surface area contributed by atoms with Crippen LogP contribution in [0.4, 0.5) is 16.2 Å². The third-order valence-corrected chi connectivity index (χ3v) is 7.49. The Morgan fingerprint density at radius 2 is 1.56 bits per heavy atom. The van der Waals surface area contributed by atoms with Gasteiger partial charge in [-0.25, -0.2) is 9.69 Å². The van der Waals surface area contributed by atoms with Gasteiger partial charge in [0.2, 0.25) is 0 Å². The highest BCUT2D eigenvalue weighted by atomic mass is 16.2. The van der Waals surface area contributed by atoms with Gasteiger partial charge < -0.3 is 21.3 Å². The number of carbonyl (C=O) groups excluding carboxylic acids is 4. The molecule has 0 spiro atoms. The standard InChI is InChI=1S/C34H29N5O4/c1-21(23-8-4-2-5-9-23)37-32(41)25-14-17-27-28(18-25)38-33(42)30(27)31(24-10-6-3-7-11-24)35-19-22-12-15-26(16-13-22)39-29(40)20-36-34(39)43/h2-18,21,35H,19-20H2,1H3,(H,36,43)(H,37,41)(H,38,42)/t21-/m1/s1. The molecule has 1 saturated heterocycles. The SMILES string of the molecule is C[C@@H](NC(=O)c1ccc2c(c1)NC(=O)C2=C(NCc1ccc(N2C(=O)CNC2=O)cc1)c1ccccc1)c1ccccc1. The lowest BCUT2D eigenvalue weighted by molar-refractivity contribution is -0.116. The molecule has 9 heteroatoms. The van der Waals surface area contributed by atoms with Crippen LogP contribution in [0.25, 0.3) is 11.3 Å². The van der Waals surface area contributed by atoms with Crippen LogP contribution in [-0.4, -0.2) is 30.3 Å². The van der Waals surface area contributed by atoms with Crippen molar-refractivity contribution in [3.05, 3.63) is 131 Å². The Balaban J connectivity index is 1.26. The number of nitrogens with zero attached hydrogens (tertiary/aromatic N) is 1. The molecule has 4 aromatic carbocycles. The predicted octanol–water partition coefficient (Wildman–Crippen LogP) is 4.84. The Morgan fingerprint density at radius 1 is 0.860 bits per heavy atom. The zero-order valence-corrected chi connectivity index (χ0v) is 23.4. The van der Waals surface area contributed by atoms with Crippen LogP contribution in [0.1, 0.15) is 45.6 Å². The number of anilines is 2. The van der Waals surface area contributed by atoms with E-state index in [1.54, 1.807) is 30.3 Å². The van der Waals surface area contributed by atoms with Crippen LogP contribution in [0, 0.1) is 0 Å². The van der Waals surface area contributed by atoms with E-state index in [0.717, 1.165) is 21.6 Å². The first-order valence-corrected chi connectivity index (χ1v) is 13.9. The van der Waals surface area contributed by atoms with Crippen LogP contribution >= 0.6 is 0 Å². The summed E-state index contributed by atoms with van der Waals surface area (Å²) < 4.78 is 0. The highest BCUT2D eigenvalue weighted by molar-refractivity contribution is 6.36. The molecule has 0 aliphatic carbocycles. The molecular weight excluding hydrogens is 542 g/mol. The van der Waals surface area contributed by atoms with Crippen molar-refractivity contribution in [1.82, 2.24) is 16.0 Å². The molecular formula is C34H29N5O4. The van der Waals surface area contributed by atoms with Crippen LogP contribution < -0.4 is 26.2 Å². The summed E-state index contributed by atoms with van der Waals surface area (Å²) in [6.45, 7) is 2.30. The van der Waals surface area contributed by atoms with Gasteiger partial charge in [0.1, 0.15) is 0 Å². The lowest BCUT2D eigenvalue weighted by Crippen LogP contribution is -2.30. The molecule has 4 aromatic rings. The van der Waals surface area contributed by atoms with Crippen molar-refractivity contribution in [1.29, 1.82) is 0 Å². The Bertz CT molecular complexity index is 1740. The van der Waals surface area contributed by atoms with Gasteiger partial charge >= 0.3 is 6.03 Å². The molecule has 43 heavy (non-hydrogen) atoms. The molecule has 1 atom stereocenters. The van der Waals surface area contributed by atoms with Gasteiger partial charge in [0.05, 0.1) is 29.5 Å². The van der Waals surface area contributed by atoms with Crippen molar-refractivity contribution in [3.63, 3.8) is 0 Å². The van der Waals surface area contributed by atoms with E-state index in [1.165, 1.54) is 0 Å². The average Bonchev–Trinajstić information content (AvgIpc) is 3.55. The van der Waals surface area contributed by atoms with Gasteiger partial charge in [0.15, 0.2) is 0 Å². The third-order valence-electron chi connectivity index (χ3n) is 7.49. The van der Waals surface area contributed by atoms with Crippen LogP contribution in [0.2, 0.25) is 0 Å². The maximum Gasteiger partial charge on any atom is 0.329 e. The number of hydrogen-bond acceptors (Lipinski definition) is 5. The van der Waals surface area contributed by atoms with Crippen molar-refractivity contribution in [2.75, 3.05) is 16.8 Å². The van der Waals surface area contributed by atoms with E-state index in [0.29, 0.717) is 40.3 Å². The molecule has 6 rings (SSSR count). The van der Waals surface area contributed by atoms with Gasteiger partial charge in [-0.15, -0.1) is 0 Å². The Kier molecular flexibility index (Phi) is 7.44. The van der Waals surface area contributed by atoms with Crippen LogP contribution in [-0.2, 0) is 16.1 Å². The Hall–Kier alpha value is -5.70. The van der Waals surface area contributed by atoms with Gasteiger partial charge in [0.25, 0.3) is 17.7 Å². The summed E-state index contributed by atoms with van der Waals surface area (Å²) in [5.74, 6) is -0.807. The first-order chi connectivity index (χ1) is 20.9. The predicted molar refractivity (Wildman–Crippen MR) is 165 cm³/mol. The number of rotatable bonds is 8. The maximum absolute atomic E-state index is 13.4. The summed E-state index contributed by atoms with van der Waals surface area (Å²) in [4.78, 5) is 51.6. The number of nitrogens with one attached hydrogen (secondary N) is 4. The van der Waals surface area contributed by atoms with Crippen LogP contribution in [0.15, 0.2) is 103 Å². The minimum Gasteiger partial charge on any atom is -0.380 e. The van der Waals surface area contributed by atoms with E-state index in [-0.39, 0.29) is 30.3 Å². The highest BCUT2D eigenvalue weighted by Gasteiger charge is 2.31. The lowest BCUT2D eigenvalue weighted by atomic mass is 9.98. The fourth-order valence-corrected chi connectivity index (χ4v) is 5.24. The van der Waals surface area contributed by atoms with Crippen molar-refractivity contribution >= 4 is 46.4 Å². The second kappa shape index (κ2) is 11.7. The summed E-state index contributed by atoms with van der Waals surface area (Å²) in [6, 6.07) is 31.0. The second-order valence-electron chi connectivity index (χ2n) is 10.3. The minimum atomic E-state index is -0.441. The van der Waals surface area contributed by atoms with Gasteiger partial charge in [-0.3, -0.25) is 14.4 Å². The first kappa shape index (κ1) is 27.5. The highest BCUT2D eigenvalue weighted by Crippen LogP contribution is 2.37. The van der Waals surface area contributed by atoms with Gasteiger partial charge in [0, 0.05) is 23.4 Å². The fraction of sp³-hybridized carbons (Fsp3) is 0.118. The molecule has 214 valence electrons. The Morgan fingerprint density at radius 3 is 2.23 bits per heavy atom. The number of benzene rings is 4. The maximum atomic E-state index is 13.4. The minimum absolute atomic E-state index is 0.0152. The third kappa shape index (κ3) is 5.60. The van der Waals surface area contributed by atoms with E-state index in [2.05, 4.69) is 21.3 Å². The summed E-state index contributed by atoms with van der Waals surface area (Å²) in [6.07, 6.45) is 0. The molecule has 5 amide bonds. The summed E-state index contributed by atoms with van der Waals surface area (Å²) in [5, 5.41) is 11.9. The largest absolute Gasteiger partial charge is 0.380 e. The van der Waals surface area contributed by atoms with Crippen molar-refractivity contribution < 1.29 is 19.2 Å². The number of imide groups is 1. The monoisotopic (exact) mass is 571 g/mol. The number of carbonyl (C=O) groups is 4. The van der Waals surface area contributed by atoms with Crippen molar-refractivity contribution in [3.8, 4) is 0 Å². The molecule has 0 unspecified atom stereocenters. The van der Waals surface area contributed by atoms with Crippen molar-refractivity contribution in [2.45, 2.75) is 19.5 Å². The van der Waals surface area contributed by atoms with Crippen LogP contribution in [0.5, 0.6) is 0 Å². The molecule has 9 nitrogen and oxygen atoms in total. The van der Waals surface area contributed by atoms with Gasteiger partial charge in [-0.05, 0) is 47.9 Å². The summed E-state index contributed by atoms with van der Waals surface area (Å²) >= 11 is 0. The number of amides is 5. The average molecular weight is 572 g/mol. The van der Waals surface area contributed by atoms with E-state index < -0.39 is 6.03 Å². The quantitative estimate of drug-likeness (QED) is 0.178. The molecule has 2 aliphatic rings. The molecule has 2 heterocycles. The first-order valence-electron chi connectivity index (χ1n) is 13.9. The molecule has 0 bridgehead atoms. The molecule has 4 N–H and O–H groups in total. The van der Waals surface area contributed by atoms with Crippen molar-refractivity contribution in [2.24, 2.45) is 0 Å². The number of fused-ring (bicyclic) bond motifs is 1. The molecule has 0 radical (unpaired) electrons. The van der Waals surface area contributed by atoms with E-state index in [4.69, 9.17) is 0 Å². The summed E-state index contributed by atoms with van der Waals surface area (Å²) in [5.41, 5.74) is 6.03. The Labute approximate surface area is 248 Å². The van der Waals surface area contributed by atoms with E-state index in [1.807, 2.05) is 79.7 Å². The molecule has 1 fully saturated rings. The molecule has 0 saturated carbocycles. The normalized spacial score (nSPS) is 15.8. The molecule has 2 aliphatic heterocycles. The van der Waals surface area contributed by atoms with Gasteiger partial charge in [-0.2, -0.15) is 0 Å². The topological polar surface area (TPSA) is 120 Å². The zero-order valence-electron chi connectivity index (χ0n) is 23.4. The van der Waals surface area contributed by atoms with E-state index >= 15 is 0 Å². The zero-order chi connectivity index (χ0) is 29.9.